The number of benzene rings is 1. The average Bonchev–Trinajstić information content (AvgIpc) is 3.10. The number of rotatable bonds is 5. The van der Waals surface area contributed by atoms with Crippen molar-refractivity contribution < 1.29 is 9.59 Å². The minimum Gasteiger partial charge on any atom is -0.335 e. The van der Waals surface area contributed by atoms with Crippen LogP contribution in [0.1, 0.15) is 43.7 Å². The van der Waals surface area contributed by atoms with Crippen molar-refractivity contribution in [1.82, 2.24) is 30.8 Å². The van der Waals surface area contributed by atoms with E-state index in [9.17, 15) is 9.59 Å². The Labute approximate surface area is 168 Å². The van der Waals surface area contributed by atoms with Crippen LogP contribution in [0.2, 0.25) is 0 Å². The van der Waals surface area contributed by atoms with Crippen LogP contribution in [0.15, 0.2) is 23.4 Å². The normalized spacial score (nSPS) is 19.2. The van der Waals surface area contributed by atoms with Crippen molar-refractivity contribution in [1.29, 1.82) is 0 Å². The van der Waals surface area contributed by atoms with Gasteiger partial charge in [0.25, 0.3) is 0 Å². The summed E-state index contributed by atoms with van der Waals surface area (Å²) < 4.78 is 1.60. The number of carbonyl (C=O) groups excluding carboxylic acids is 2. The first-order valence-corrected chi connectivity index (χ1v) is 10.5. The van der Waals surface area contributed by atoms with Crippen LogP contribution in [0, 0.1) is 19.8 Å². The van der Waals surface area contributed by atoms with Crippen molar-refractivity contribution in [3.63, 3.8) is 0 Å². The van der Waals surface area contributed by atoms with Crippen LogP contribution in [-0.4, -0.2) is 43.9 Å². The molecule has 1 aliphatic carbocycles. The fourth-order valence-electron chi connectivity index (χ4n) is 3.53. The highest BCUT2D eigenvalue weighted by atomic mass is 32.2. The number of tetrazole rings is 1. The lowest BCUT2D eigenvalue weighted by Crippen LogP contribution is -2.48. The number of carbonyl (C=O) groups is 2. The number of hydrogen-bond acceptors (Lipinski definition) is 6. The summed E-state index contributed by atoms with van der Waals surface area (Å²) >= 11 is 1.19. The van der Waals surface area contributed by atoms with Crippen LogP contribution < -0.4 is 10.6 Å². The molecule has 0 spiro atoms. The van der Waals surface area contributed by atoms with E-state index in [4.69, 9.17) is 0 Å². The molecule has 1 fully saturated rings. The molecule has 150 valence electrons. The van der Waals surface area contributed by atoms with Gasteiger partial charge in [0.05, 0.1) is 11.4 Å². The van der Waals surface area contributed by atoms with E-state index in [-0.39, 0.29) is 17.7 Å². The van der Waals surface area contributed by atoms with Crippen molar-refractivity contribution in [3.8, 4) is 5.69 Å². The average molecular weight is 403 g/mol. The van der Waals surface area contributed by atoms with Gasteiger partial charge in [-0.2, -0.15) is 4.68 Å². The van der Waals surface area contributed by atoms with E-state index in [2.05, 4.69) is 39.1 Å². The lowest BCUT2D eigenvalue weighted by atomic mass is 9.86. The summed E-state index contributed by atoms with van der Waals surface area (Å²) in [5.74, 6) is 0.117. The molecule has 1 aromatic carbocycles. The van der Waals surface area contributed by atoms with Gasteiger partial charge in [0.2, 0.25) is 11.1 Å². The molecule has 1 aliphatic rings. The summed E-state index contributed by atoms with van der Waals surface area (Å²) in [7, 11) is 0. The van der Waals surface area contributed by atoms with Gasteiger partial charge in [-0.3, -0.25) is 10.1 Å². The monoisotopic (exact) mass is 402 g/mol. The standard InChI is InChI=1S/C19H26N6O2S/c1-12-8-13(2)10-15(9-12)25-19(22-23-24-25)28-11-17(26)21-18(27)20-16-7-5-4-6-14(16)3/h8-10,14,16H,4-7,11H2,1-3H3,(H2,20,21,26,27)/t14-,16-/m1/s1. The molecule has 1 aromatic heterocycles. The van der Waals surface area contributed by atoms with E-state index < -0.39 is 6.03 Å². The van der Waals surface area contributed by atoms with E-state index in [0.29, 0.717) is 11.1 Å². The lowest BCUT2D eigenvalue weighted by Gasteiger charge is -2.29. The van der Waals surface area contributed by atoms with E-state index in [1.807, 2.05) is 26.0 Å². The number of nitrogens with one attached hydrogen (secondary N) is 2. The van der Waals surface area contributed by atoms with Crippen LogP contribution in [0.25, 0.3) is 5.69 Å². The summed E-state index contributed by atoms with van der Waals surface area (Å²) in [6.45, 7) is 6.15. The first-order valence-electron chi connectivity index (χ1n) is 9.52. The highest BCUT2D eigenvalue weighted by Crippen LogP contribution is 2.23. The maximum atomic E-state index is 12.2. The Morgan fingerprint density at radius 2 is 1.89 bits per heavy atom. The molecule has 0 aliphatic heterocycles. The molecule has 9 heteroatoms. The van der Waals surface area contributed by atoms with Gasteiger partial charge in [0.1, 0.15) is 0 Å². The molecule has 1 saturated carbocycles. The van der Waals surface area contributed by atoms with Gasteiger partial charge in [-0.15, -0.1) is 5.10 Å². The summed E-state index contributed by atoms with van der Waals surface area (Å²) in [5.41, 5.74) is 3.05. The maximum Gasteiger partial charge on any atom is 0.321 e. The number of aryl methyl sites for hydroxylation is 2. The molecule has 3 rings (SSSR count). The van der Waals surface area contributed by atoms with Gasteiger partial charge in [-0.25, -0.2) is 4.79 Å². The molecule has 0 radical (unpaired) electrons. The van der Waals surface area contributed by atoms with E-state index in [1.54, 1.807) is 4.68 Å². The SMILES string of the molecule is Cc1cc(C)cc(-n2nnnc2SCC(=O)NC(=O)N[C@@H]2CCCC[C@H]2C)c1. The molecule has 2 atom stereocenters. The van der Waals surface area contributed by atoms with E-state index >= 15 is 0 Å². The zero-order valence-electron chi connectivity index (χ0n) is 16.4. The fourth-order valence-corrected chi connectivity index (χ4v) is 4.22. The topological polar surface area (TPSA) is 102 Å². The Kier molecular flexibility index (Phi) is 6.66. The molecule has 1 heterocycles. The number of urea groups is 1. The summed E-state index contributed by atoms with van der Waals surface area (Å²) in [5, 5.41) is 17.5. The van der Waals surface area contributed by atoms with Gasteiger partial charge in [0, 0.05) is 6.04 Å². The van der Waals surface area contributed by atoms with Gasteiger partial charge < -0.3 is 5.32 Å². The number of imide groups is 1. The quantitative estimate of drug-likeness (QED) is 0.746. The first kappa shape index (κ1) is 20.3. The van der Waals surface area contributed by atoms with Crippen molar-refractivity contribution in [3.05, 3.63) is 29.3 Å². The predicted molar refractivity (Wildman–Crippen MR) is 107 cm³/mol. The molecule has 2 aromatic rings. The Bertz CT molecular complexity index is 832. The molecule has 2 N–H and O–H groups in total. The van der Waals surface area contributed by atoms with Crippen molar-refractivity contribution in [2.45, 2.75) is 57.7 Å². The second-order valence-electron chi connectivity index (χ2n) is 7.40. The zero-order chi connectivity index (χ0) is 20.1. The third-order valence-electron chi connectivity index (χ3n) is 4.91. The number of hydrogen-bond donors (Lipinski definition) is 2. The summed E-state index contributed by atoms with van der Waals surface area (Å²) in [4.78, 5) is 24.3. The molecule has 3 amide bonds. The minimum atomic E-state index is -0.432. The number of amides is 3. The second-order valence-corrected chi connectivity index (χ2v) is 8.34. The van der Waals surface area contributed by atoms with Crippen LogP contribution in [-0.2, 0) is 4.79 Å². The highest BCUT2D eigenvalue weighted by molar-refractivity contribution is 7.99. The van der Waals surface area contributed by atoms with E-state index in [1.165, 1.54) is 18.2 Å². The van der Waals surface area contributed by atoms with Crippen molar-refractivity contribution in [2.24, 2.45) is 5.92 Å². The van der Waals surface area contributed by atoms with Crippen molar-refractivity contribution in [2.75, 3.05) is 5.75 Å². The third kappa shape index (κ3) is 5.31. The van der Waals surface area contributed by atoms with Gasteiger partial charge in [0.15, 0.2) is 0 Å². The Balaban J connectivity index is 1.54. The van der Waals surface area contributed by atoms with Crippen LogP contribution in [0.5, 0.6) is 0 Å². The van der Waals surface area contributed by atoms with E-state index in [0.717, 1.165) is 36.1 Å². The van der Waals surface area contributed by atoms with Gasteiger partial charge in [-0.05, 0) is 66.3 Å². The lowest BCUT2D eigenvalue weighted by molar-refractivity contribution is -0.117. The largest absolute Gasteiger partial charge is 0.335 e. The number of nitrogens with zero attached hydrogens (tertiary/aromatic N) is 4. The third-order valence-corrected chi connectivity index (χ3v) is 5.82. The summed E-state index contributed by atoms with van der Waals surface area (Å²) in [6, 6.07) is 5.72. The highest BCUT2D eigenvalue weighted by Gasteiger charge is 2.23. The molecule has 0 bridgehead atoms. The fraction of sp³-hybridized carbons (Fsp3) is 0.526. The minimum absolute atomic E-state index is 0.0544. The number of thioether (sulfide) groups is 1. The molecule has 28 heavy (non-hydrogen) atoms. The summed E-state index contributed by atoms with van der Waals surface area (Å²) in [6.07, 6.45) is 4.38. The molecule has 0 saturated heterocycles. The molecular weight excluding hydrogens is 376 g/mol. The smallest absolute Gasteiger partial charge is 0.321 e. The van der Waals surface area contributed by atoms with Gasteiger partial charge in [-0.1, -0.05) is 37.6 Å². The maximum absolute atomic E-state index is 12.2. The molecule has 8 nitrogen and oxygen atoms in total. The van der Waals surface area contributed by atoms with Crippen LogP contribution >= 0.6 is 11.8 Å². The second kappa shape index (κ2) is 9.18. The van der Waals surface area contributed by atoms with Gasteiger partial charge >= 0.3 is 6.03 Å². The first-order chi connectivity index (χ1) is 13.4. The zero-order valence-corrected chi connectivity index (χ0v) is 17.3. The van der Waals surface area contributed by atoms with Crippen LogP contribution in [0.3, 0.4) is 0 Å². The Morgan fingerprint density at radius 1 is 1.18 bits per heavy atom. The van der Waals surface area contributed by atoms with Crippen molar-refractivity contribution >= 4 is 23.7 Å². The predicted octanol–water partition coefficient (Wildman–Crippen LogP) is 2.78. The Hall–Kier alpha value is -2.42. The molecular formula is C19H26N6O2S. The Morgan fingerprint density at radius 3 is 2.61 bits per heavy atom. The number of aromatic nitrogens is 4. The van der Waals surface area contributed by atoms with Crippen LogP contribution in [0.4, 0.5) is 4.79 Å². The molecule has 0 unspecified atom stereocenters.